The monoisotopic (exact) mass is 589 g/mol. The zero-order valence-corrected chi connectivity index (χ0v) is 24.8. The van der Waals surface area contributed by atoms with Crippen molar-refractivity contribution in [1.29, 1.82) is 0 Å². The van der Waals surface area contributed by atoms with Gasteiger partial charge in [0.25, 0.3) is 0 Å². The Bertz CT molecular complexity index is 1430. The maximum absolute atomic E-state index is 14.0. The average Bonchev–Trinajstić information content (AvgIpc) is 2.87. The van der Waals surface area contributed by atoms with E-state index in [1.165, 1.54) is 4.90 Å². The summed E-state index contributed by atoms with van der Waals surface area (Å²) in [6.45, 7) is 5.45. The Morgan fingerprint density at radius 3 is 2.23 bits per heavy atom. The fraction of sp³-hybridized carbons (Fsp3) is 0.310. The molecule has 39 heavy (non-hydrogen) atoms. The molecule has 0 aromatic heterocycles. The summed E-state index contributed by atoms with van der Waals surface area (Å²) in [6.07, 6.45) is 1.28. The molecular formula is C29H33Cl2N3O4S. The lowest BCUT2D eigenvalue weighted by atomic mass is 10.0. The Kier molecular flexibility index (Phi) is 10.4. The van der Waals surface area contributed by atoms with Crippen molar-refractivity contribution >= 4 is 50.7 Å². The van der Waals surface area contributed by atoms with Crippen molar-refractivity contribution in [2.75, 3.05) is 23.7 Å². The first-order valence-electron chi connectivity index (χ1n) is 12.5. The summed E-state index contributed by atoms with van der Waals surface area (Å²) in [4.78, 5) is 28.8. The van der Waals surface area contributed by atoms with E-state index in [0.717, 1.165) is 27.3 Å². The molecule has 0 spiro atoms. The largest absolute Gasteiger partial charge is 0.355 e. The van der Waals surface area contributed by atoms with Crippen LogP contribution >= 0.6 is 23.2 Å². The summed E-state index contributed by atoms with van der Waals surface area (Å²) < 4.78 is 26.8. The molecule has 0 aliphatic rings. The molecule has 0 saturated carbocycles. The lowest BCUT2D eigenvalue weighted by molar-refractivity contribution is -0.140. The smallest absolute Gasteiger partial charge is 0.244 e. The second-order valence-corrected chi connectivity index (χ2v) is 12.1. The van der Waals surface area contributed by atoms with Crippen molar-refractivity contribution in [1.82, 2.24) is 10.2 Å². The normalized spacial score (nSPS) is 12.1. The van der Waals surface area contributed by atoms with E-state index < -0.39 is 28.5 Å². The Balaban J connectivity index is 2.07. The predicted molar refractivity (Wildman–Crippen MR) is 158 cm³/mol. The van der Waals surface area contributed by atoms with Crippen LogP contribution in [0.2, 0.25) is 10.0 Å². The van der Waals surface area contributed by atoms with E-state index in [-0.39, 0.29) is 18.9 Å². The molecule has 0 unspecified atom stereocenters. The van der Waals surface area contributed by atoms with Crippen LogP contribution in [0.5, 0.6) is 0 Å². The van der Waals surface area contributed by atoms with Gasteiger partial charge in [0.2, 0.25) is 21.8 Å². The lowest BCUT2D eigenvalue weighted by Gasteiger charge is -2.33. The highest BCUT2D eigenvalue weighted by Crippen LogP contribution is 2.26. The predicted octanol–water partition coefficient (Wildman–Crippen LogP) is 5.15. The Labute approximate surface area is 240 Å². The lowest BCUT2D eigenvalue weighted by Crippen LogP contribution is -2.53. The average molecular weight is 591 g/mol. The van der Waals surface area contributed by atoms with Crippen LogP contribution < -0.4 is 9.62 Å². The summed E-state index contributed by atoms with van der Waals surface area (Å²) in [6, 6.07) is 18.5. The van der Waals surface area contributed by atoms with Gasteiger partial charge in [-0.3, -0.25) is 13.9 Å². The minimum atomic E-state index is -3.84. The van der Waals surface area contributed by atoms with Gasteiger partial charge in [0.05, 0.1) is 11.9 Å². The third kappa shape index (κ3) is 8.21. The van der Waals surface area contributed by atoms with Crippen LogP contribution in [0.1, 0.15) is 29.2 Å². The first-order valence-corrected chi connectivity index (χ1v) is 15.1. The SMILES string of the molecule is CCNC(=O)[C@H](Cc1ccccc1)N(Cc1ccc(Cl)cc1Cl)C(=O)CN(c1ccc(C)c(C)c1)S(C)(=O)=O. The number of aryl methyl sites for hydroxylation is 2. The first-order chi connectivity index (χ1) is 18.4. The summed E-state index contributed by atoms with van der Waals surface area (Å²) in [5, 5.41) is 3.59. The van der Waals surface area contributed by atoms with Crippen LogP contribution in [0.4, 0.5) is 5.69 Å². The number of rotatable bonds is 11. The zero-order chi connectivity index (χ0) is 28.7. The second-order valence-electron chi connectivity index (χ2n) is 9.40. The standard InChI is InChI=1S/C29H33Cl2N3O4S/c1-5-32-29(36)27(16-22-9-7-6-8-10-22)33(18-23-12-13-24(30)17-26(23)31)28(35)19-34(39(4,37)38)25-14-11-20(2)21(3)15-25/h6-15,17,27H,5,16,18-19H2,1-4H3,(H,32,36)/t27-/m0/s1. The first kappa shape index (κ1) is 30.5. The van der Waals surface area contributed by atoms with Gasteiger partial charge in [0, 0.05) is 29.6 Å². The third-order valence-corrected chi connectivity index (χ3v) is 8.16. The van der Waals surface area contributed by atoms with Gasteiger partial charge in [-0.2, -0.15) is 0 Å². The molecule has 7 nitrogen and oxygen atoms in total. The molecule has 3 aromatic rings. The summed E-state index contributed by atoms with van der Waals surface area (Å²) in [5.74, 6) is -0.895. The molecule has 2 amide bonds. The number of anilines is 1. The molecule has 0 fully saturated rings. The van der Waals surface area contributed by atoms with E-state index in [4.69, 9.17) is 23.2 Å². The number of hydrogen-bond acceptors (Lipinski definition) is 4. The second kappa shape index (κ2) is 13.3. The molecule has 0 bridgehead atoms. The molecule has 208 valence electrons. The number of likely N-dealkylation sites (N-methyl/N-ethyl adjacent to an activating group) is 1. The number of hydrogen-bond donors (Lipinski definition) is 1. The van der Waals surface area contributed by atoms with E-state index in [2.05, 4.69) is 5.32 Å². The number of amides is 2. The van der Waals surface area contributed by atoms with Crippen LogP contribution in [0.25, 0.3) is 0 Å². The molecule has 1 N–H and O–H groups in total. The van der Waals surface area contributed by atoms with Crippen LogP contribution in [0, 0.1) is 13.8 Å². The Hall–Kier alpha value is -3.07. The maximum atomic E-state index is 14.0. The maximum Gasteiger partial charge on any atom is 0.244 e. The summed E-state index contributed by atoms with van der Waals surface area (Å²) >= 11 is 12.5. The van der Waals surface area contributed by atoms with Gasteiger partial charge in [-0.25, -0.2) is 8.42 Å². The van der Waals surface area contributed by atoms with Gasteiger partial charge in [-0.15, -0.1) is 0 Å². The Morgan fingerprint density at radius 1 is 0.949 bits per heavy atom. The number of sulfonamides is 1. The fourth-order valence-electron chi connectivity index (χ4n) is 4.17. The summed E-state index contributed by atoms with van der Waals surface area (Å²) in [5.41, 5.74) is 3.69. The van der Waals surface area contributed by atoms with Crippen LogP contribution in [0.3, 0.4) is 0 Å². The number of halogens is 2. The highest BCUT2D eigenvalue weighted by Gasteiger charge is 2.33. The van der Waals surface area contributed by atoms with Gasteiger partial charge < -0.3 is 10.2 Å². The molecule has 3 aromatic carbocycles. The van der Waals surface area contributed by atoms with Gasteiger partial charge in [-0.1, -0.05) is 65.7 Å². The van der Waals surface area contributed by atoms with Gasteiger partial charge >= 0.3 is 0 Å². The van der Waals surface area contributed by atoms with Crippen LogP contribution in [-0.4, -0.2) is 50.5 Å². The van der Waals surface area contributed by atoms with E-state index >= 15 is 0 Å². The minimum absolute atomic E-state index is 0.0198. The number of carbonyl (C=O) groups excluding carboxylic acids is 2. The molecule has 0 radical (unpaired) electrons. The molecule has 10 heteroatoms. The van der Waals surface area contributed by atoms with E-state index in [0.29, 0.717) is 27.8 Å². The number of nitrogens with one attached hydrogen (secondary N) is 1. The molecule has 3 rings (SSSR count). The quantitative estimate of drug-likeness (QED) is 0.335. The summed E-state index contributed by atoms with van der Waals surface area (Å²) in [7, 11) is -3.84. The van der Waals surface area contributed by atoms with E-state index in [9.17, 15) is 18.0 Å². The molecule has 1 atom stereocenters. The number of carbonyl (C=O) groups is 2. The molecule has 0 saturated heterocycles. The van der Waals surface area contributed by atoms with E-state index in [1.807, 2.05) is 50.2 Å². The van der Waals surface area contributed by atoms with E-state index in [1.54, 1.807) is 37.3 Å². The molecule has 0 heterocycles. The van der Waals surface area contributed by atoms with Crippen molar-refractivity contribution in [3.63, 3.8) is 0 Å². The van der Waals surface area contributed by atoms with Gasteiger partial charge in [-0.05, 0) is 67.3 Å². The van der Waals surface area contributed by atoms with Crippen molar-refractivity contribution in [3.8, 4) is 0 Å². The highest BCUT2D eigenvalue weighted by molar-refractivity contribution is 7.92. The Morgan fingerprint density at radius 2 is 1.64 bits per heavy atom. The minimum Gasteiger partial charge on any atom is -0.355 e. The van der Waals surface area contributed by atoms with Gasteiger partial charge in [0.1, 0.15) is 12.6 Å². The van der Waals surface area contributed by atoms with Crippen LogP contribution in [-0.2, 0) is 32.6 Å². The van der Waals surface area contributed by atoms with Crippen molar-refractivity contribution < 1.29 is 18.0 Å². The molecule has 0 aliphatic heterocycles. The zero-order valence-electron chi connectivity index (χ0n) is 22.4. The number of benzene rings is 3. The van der Waals surface area contributed by atoms with Crippen molar-refractivity contribution in [3.05, 3.63) is 99.0 Å². The molecule has 0 aliphatic carbocycles. The van der Waals surface area contributed by atoms with Crippen LogP contribution in [0.15, 0.2) is 66.7 Å². The fourth-order valence-corrected chi connectivity index (χ4v) is 5.48. The number of nitrogens with zero attached hydrogens (tertiary/aromatic N) is 2. The highest BCUT2D eigenvalue weighted by atomic mass is 35.5. The van der Waals surface area contributed by atoms with Gasteiger partial charge in [0.15, 0.2) is 0 Å². The third-order valence-electron chi connectivity index (χ3n) is 6.44. The van der Waals surface area contributed by atoms with Crippen molar-refractivity contribution in [2.24, 2.45) is 0 Å². The molecular weight excluding hydrogens is 557 g/mol. The van der Waals surface area contributed by atoms with Crippen molar-refractivity contribution in [2.45, 2.75) is 39.8 Å². The topological polar surface area (TPSA) is 86.8 Å².